The molecule has 0 N–H and O–H groups in total. The predicted molar refractivity (Wildman–Crippen MR) is 97.7 cm³/mol. The number of rotatable bonds is 3. The number of nitrogens with zero attached hydrogens (tertiary/aromatic N) is 1. The van der Waals surface area contributed by atoms with Gasteiger partial charge in [-0.25, -0.2) is 0 Å². The second-order valence-electron chi connectivity index (χ2n) is 9.84. The highest BCUT2D eigenvalue weighted by atomic mass is 15.2. The van der Waals surface area contributed by atoms with Crippen molar-refractivity contribution in [2.45, 2.75) is 118 Å². The molecule has 129 valence electrons. The Morgan fingerprint density at radius 3 is 1.18 bits per heavy atom. The van der Waals surface area contributed by atoms with E-state index < -0.39 is 0 Å². The maximum Gasteiger partial charge on any atom is 0.0505 e. The Labute approximate surface area is 140 Å². The molecule has 22 heavy (non-hydrogen) atoms. The highest BCUT2D eigenvalue weighted by molar-refractivity contribution is 5.11. The molecule has 2 aliphatic rings. The van der Waals surface area contributed by atoms with E-state index >= 15 is 0 Å². The van der Waals surface area contributed by atoms with Crippen molar-refractivity contribution in [1.82, 2.24) is 4.90 Å². The van der Waals surface area contributed by atoms with Crippen LogP contribution in [0.25, 0.3) is 0 Å². The molecule has 1 heteroatoms. The van der Waals surface area contributed by atoms with Crippen molar-refractivity contribution in [1.29, 1.82) is 0 Å². The average molecular weight is 307 g/mol. The normalized spacial score (nSPS) is 23.5. The molecule has 0 aromatic rings. The number of hydrogen-bond donors (Lipinski definition) is 0. The molecule has 0 aromatic carbocycles. The first-order chi connectivity index (χ1) is 10.2. The maximum absolute atomic E-state index is 2.97. The molecule has 0 saturated heterocycles. The van der Waals surface area contributed by atoms with Crippen molar-refractivity contribution < 1.29 is 0 Å². The van der Waals surface area contributed by atoms with Crippen LogP contribution in [0.3, 0.4) is 0 Å². The van der Waals surface area contributed by atoms with Gasteiger partial charge in [0.1, 0.15) is 0 Å². The molecule has 0 bridgehead atoms. The monoisotopic (exact) mass is 306 g/mol. The highest BCUT2D eigenvalue weighted by Crippen LogP contribution is 2.49. The third kappa shape index (κ3) is 4.49. The fourth-order valence-corrected chi connectivity index (χ4v) is 5.28. The van der Waals surface area contributed by atoms with Crippen LogP contribution < -0.4 is 0 Å². The minimum atomic E-state index is 0.271. The van der Waals surface area contributed by atoms with E-state index in [1.54, 1.807) is 6.04 Å². The molecule has 0 aromatic heterocycles. The fraction of sp³-hybridized carbons (Fsp3) is 0.952. The van der Waals surface area contributed by atoms with E-state index in [0.717, 1.165) is 12.1 Å². The molecule has 2 aliphatic carbocycles. The summed E-state index contributed by atoms with van der Waals surface area (Å²) in [6.45, 7) is 14.6. The van der Waals surface area contributed by atoms with Crippen molar-refractivity contribution >= 4 is 0 Å². The zero-order valence-electron chi connectivity index (χ0n) is 16.2. The fourth-order valence-electron chi connectivity index (χ4n) is 5.28. The lowest BCUT2D eigenvalue weighted by Gasteiger charge is -2.54. The van der Waals surface area contributed by atoms with Gasteiger partial charge in [0.2, 0.25) is 0 Å². The summed E-state index contributed by atoms with van der Waals surface area (Å²) < 4.78 is 0. The van der Waals surface area contributed by atoms with Gasteiger partial charge >= 0.3 is 0 Å². The molecule has 0 unspecified atom stereocenters. The van der Waals surface area contributed by atoms with E-state index in [2.05, 4.69) is 46.4 Å². The molecular formula is C21H40N. The van der Waals surface area contributed by atoms with Crippen LogP contribution >= 0.6 is 0 Å². The first-order valence-corrected chi connectivity index (χ1v) is 9.87. The van der Waals surface area contributed by atoms with Crippen LogP contribution in [-0.4, -0.2) is 17.0 Å². The summed E-state index contributed by atoms with van der Waals surface area (Å²) in [5, 5.41) is 0. The second kappa shape index (κ2) is 7.24. The summed E-state index contributed by atoms with van der Waals surface area (Å²) in [6, 6.07) is 3.34. The van der Waals surface area contributed by atoms with Crippen molar-refractivity contribution in [3.8, 4) is 0 Å². The molecule has 2 rings (SSSR count). The molecule has 0 aliphatic heterocycles. The van der Waals surface area contributed by atoms with Crippen molar-refractivity contribution in [3.63, 3.8) is 0 Å². The van der Waals surface area contributed by atoms with Crippen LogP contribution in [0.4, 0.5) is 0 Å². The summed E-state index contributed by atoms with van der Waals surface area (Å²) in [5.74, 6) is 0. The number of hydrogen-bond acceptors (Lipinski definition) is 1. The molecule has 1 radical (unpaired) electrons. The zero-order chi connectivity index (χ0) is 16.4. The average Bonchev–Trinajstić information content (AvgIpc) is 2.44. The van der Waals surface area contributed by atoms with Gasteiger partial charge in [-0.3, -0.25) is 4.90 Å². The van der Waals surface area contributed by atoms with Crippen LogP contribution in [0.5, 0.6) is 0 Å². The largest absolute Gasteiger partial charge is 0.289 e. The Morgan fingerprint density at radius 2 is 0.909 bits per heavy atom. The molecular weight excluding hydrogens is 266 g/mol. The van der Waals surface area contributed by atoms with E-state index in [-0.39, 0.29) is 10.8 Å². The maximum atomic E-state index is 2.97. The third-order valence-corrected chi connectivity index (χ3v) is 5.62. The van der Waals surface area contributed by atoms with Gasteiger partial charge in [-0.2, -0.15) is 0 Å². The lowest BCUT2D eigenvalue weighted by Crippen LogP contribution is -2.54. The van der Waals surface area contributed by atoms with Crippen LogP contribution in [-0.2, 0) is 0 Å². The van der Waals surface area contributed by atoms with Gasteiger partial charge in [0.25, 0.3) is 0 Å². The molecule has 0 amide bonds. The smallest absolute Gasteiger partial charge is 0.0505 e. The Balaban J connectivity index is 2.31. The van der Waals surface area contributed by atoms with E-state index in [1.165, 1.54) is 64.2 Å². The summed E-state index contributed by atoms with van der Waals surface area (Å²) in [6.07, 6.45) is 14.4. The van der Waals surface area contributed by atoms with Gasteiger partial charge in [-0.15, -0.1) is 0 Å². The Bertz CT molecular complexity index is 289. The quantitative estimate of drug-likeness (QED) is 0.569. The summed E-state index contributed by atoms with van der Waals surface area (Å²) in [4.78, 5) is 2.97. The Morgan fingerprint density at radius 1 is 0.591 bits per heavy atom. The second-order valence-corrected chi connectivity index (χ2v) is 9.84. The molecule has 2 saturated carbocycles. The lowest BCUT2D eigenvalue weighted by molar-refractivity contribution is 0.0123. The van der Waals surface area contributed by atoms with Gasteiger partial charge in [0.05, 0.1) is 6.04 Å². The van der Waals surface area contributed by atoms with Gasteiger partial charge in [-0.1, -0.05) is 80.1 Å². The Hall–Kier alpha value is -0.0400. The van der Waals surface area contributed by atoms with E-state index in [4.69, 9.17) is 0 Å². The van der Waals surface area contributed by atoms with Crippen molar-refractivity contribution in [3.05, 3.63) is 6.04 Å². The lowest BCUT2D eigenvalue weighted by atomic mass is 9.69. The zero-order valence-corrected chi connectivity index (χ0v) is 16.2. The first kappa shape index (κ1) is 18.3. The highest BCUT2D eigenvalue weighted by Gasteiger charge is 2.45. The predicted octanol–water partition coefficient (Wildman–Crippen LogP) is 6.58. The SMILES string of the molecule is CC(C)(C)[C](N(C1CCCCC1)C1CCCCC1)C(C)(C)C. The minimum Gasteiger partial charge on any atom is -0.289 e. The summed E-state index contributed by atoms with van der Waals surface area (Å²) in [5.41, 5.74) is 0.542. The van der Waals surface area contributed by atoms with Crippen LogP contribution in [0.2, 0.25) is 0 Å². The van der Waals surface area contributed by atoms with Gasteiger partial charge < -0.3 is 0 Å². The van der Waals surface area contributed by atoms with E-state index in [9.17, 15) is 0 Å². The van der Waals surface area contributed by atoms with Gasteiger partial charge in [0, 0.05) is 12.1 Å². The summed E-state index contributed by atoms with van der Waals surface area (Å²) >= 11 is 0. The standard InChI is InChI=1S/C21H40N/c1-20(2,3)19(21(4,5)6)22(17-13-9-7-10-14-17)18-15-11-8-12-16-18/h17-18H,7-16H2,1-6H3. The molecule has 0 spiro atoms. The minimum absolute atomic E-state index is 0.271. The molecule has 2 fully saturated rings. The first-order valence-electron chi connectivity index (χ1n) is 9.87. The molecule has 0 heterocycles. The molecule has 0 atom stereocenters. The third-order valence-electron chi connectivity index (χ3n) is 5.62. The van der Waals surface area contributed by atoms with Crippen LogP contribution in [0.1, 0.15) is 106 Å². The van der Waals surface area contributed by atoms with Crippen molar-refractivity contribution in [2.24, 2.45) is 10.8 Å². The topological polar surface area (TPSA) is 3.24 Å². The van der Waals surface area contributed by atoms with Gasteiger partial charge in [0.15, 0.2) is 0 Å². The molecule has 1 nitrogen and oxygen atoms in total. The van der Waals surface area contributed by atoms with Crippen LogP contribution in [0, 0.1) is 16.9 Å². The van der Waals surface area contributed by atoms with E-state index in [0.29, 0.717) is 0 Å². The van der Waals surface area contributed by atoms with E-state index in [1.807, 2.05) is 0 Å². The Kier molecular flexibility index (Phi) is 6.02. The summed E-state index contributed by atoms with van der Waals surface area (Å²) in [7, 11) is 0. The van der Waals surface area contributed by atoms with Gasteiger partial charge in [-0.05, 0) is 36.5 Å². The van der Waals surface area contributed by atoms with Crippen LogP contribution in [0.15, 0.2) is 0 Å². The van der Waals surface area contributed by atoms with Crippen molar-refractivity contribution in [2.75, 3.05) is 0 Å².